The minimum Gasteiger partial charge on any atom is -0.404 e. The lowest BCUT2D eigenvalue weighted by Crippen LogP contribution is -2.32. The van der Waals surface area contributed by atoms with Crippen LogP contribution >= 0.6 is 34.8 Å². The number of hydrogen-bond acceptors (Lipinski definition) is 6. The molecular weight excluding hydrogens is 520 g/mol. The summed E-state index contributed by atoms with van der Waals surface area (Å²) in [7, 11) is -4.78. The first-order valence-corrected chi connectivity index (χ1v) is 10.9. The second-order valence-corrected chi connectivity index (χ2v) is 8.98. The van der Waals surface area contributed by atoms with Gasteiger partial charge in [-0.2, -0.15) is 0 Å². The summed E-state index contributed by atoms with van der Waals surface area (Å²) >= 11 is 18.1. The molecule has 0 spiro atoms. The highest BCUT2D eigenvalue weighted by atomic mass is 35.5. The molecule has 1 N–H and O–H groups in total. The maximum absolute atomic E-state index is 12.6. The number of amides is 1. The van der Waals surface area contributed by atoms with E-state index in [9.17, 15) is 26.4 Å². The van der Waals surface area contributed by atoms with Gasteiger partial charge in [-0.3, -0.25) is 4.79 Å². The molecule has 3 aromatic rings. The summed E-state index contributed by atoms with van der Waals surface area (Å²) in [5.74, 6) is -2.27. The molecule has 1 amide bonds. The first kappa shape index (κ1) is 24.1. The smallest absolute Gasteiger partial charge is 0.404 e. The second kappa shape index (κ2) is 8.77. The monoisotopic (exact) mass is 528 g/mol. The third-order valence-corrected chi connectivity index (χ3v) is 6.06. The molecule has 8 nitrogen and oxygen atoms in total. The third-order valence-electron chi connectivity index (χ3n) is 3.89. The van der Waals surface area contributed by atoms with Crippen LogP contribution in [0.5, 0.6) is 5.75 Å². The Morgan fingerprint density at radius 2 is 1.72 bits per heavy atom. The lowest BCUT2D eigenvalue weighted by molar-refractivity contribution is -0.275. The van der Waals surface area contributed by atoms with E-state index in [1.165, 1.54) is 19.1 Å². The van der Waals surface area contributed by atoms with Crippen LogP contribution in [-0.4, -0.2) is 35.7 Å². The quantitative estimate of drug-likeness (QED) is 0.520. The molecule has 2 aromatic carbocycles. The average Bonchev–Trinajstić information content (AvgIpc) is 3.01. The summed E-state index contributed by atoms with van der Waals surface area (Å²) in [5.41, 5.74) is -0.262. The van der Waals surface area contributed by atoms with Crippen LogP contribution in [0.2, 0.25) is 15.1 Å². The number of hydrogen-bond donors (Lipinski definition) is 1. The van der Waals surface area contributed by atoms with Gasteiger partial charge in [0.1, 0.15) is 16.3 Å². The Balaban J connectivity index is 1.95. The minimum absolute atomic E-state index is 0.0450. The summed E-state index contributed by atoms with van der Waals surface area (Å²) < 4.78 is 69.4. The Labute approximate surface area is 193 Å². The number of nitrogens with one attached hydrogen (secondary N) is 1. The fourth-order valence-electron chi connectivity index (χ4n) is 2.59. The maximum atomic E-state index is 12.6. The number of rotatable bonds is 5. The molecule has 32 heavy (non-hydrogen) atoms. The summed E-state index contributed by atoms with van der Waals surface area (Å²) in [4.78, 5) is 11.7. The molecule has 0 aliphatic carbocycles. The van der Waals surface area contributed by atoms with Crippen molar-refractivity contribution in [2.24, 2.45) is 0 Å². The summed E-state index contributed by atoms with van der Waals surface area (Å²) in [6.45, 7) is 1.38. The van der Waals surface area contributed by atoms with Gasteiger partial charge in [0.15, 0.2) is 5.69 Å². The van der Waals surface area contributed by atoms with Crippen molar-refractivity contribution in [3.8, 4) is 11.4 Å². The van der Waals surface area contributed by atoms with Gasteiger partial charge >= 0.3 is 6.36 Å². The van der Waals surface area contributed by atoms with Crippen LogP contribution in [0.25, 0.3) is 5.69 Å². The number of ether oxygens (including phenoxy) is 1. The van der Waals surface area contributed by atoms with Crippen molar-refractivity contribution in [1.82, 2.24) is 19.7 Å². The van der Waals surface area contributed by atoms with Gasteiger partial charge in [0, 0.05) is 5.02 Å². The molecule has 3 rings (SSSR count). The number of halogens is 6. The van der Waals surface area contributed by atoms with Gasteiger partial charge in [-0.1, -0.05) is 52.1 Å². The Morgan fingerprint density at radius 1 is 1.12 bits per heavy atom. The molecule has 0 radical (unpaired) electrons. The summed E-state index contributed by atoms with van der Waals surface area (Å²) in [6.07, 6.45) is -5.15. The number of nitrogens with zero attached hydrogens (tertiary/aromatic N) is 3. The lowest BCUT2D eigenvalue weighted by Gasteiger charge is -2.13. The van der Waals surface area contributed by atoms with Crippen molar-refractivity contribution < 1.29 is 31.1 Å². The van der Waals surface area contributed by atoms with Gasteiger partial charge in [0.25, 0.3) is 15.9 Å². The van der Waals surface area contributed by atoms with Crippen molar-refractivity contribution in [3.63, 3.8) is 0 Å². The molecule has 0 saturated carbocycles. The topological polar surface area (TPSA) is 103 Å². The molecule has 0 aliphatic rings. The van der Waals surface area contributed by atoms with Crippen LogP contribution in [0, 0.1) is 6.92 Å². The van der Waals surface area contributed by atoms with Gasteiger partial charge in [-0.05, 0) is 31.2 Å². The van der Waals surface area contributed by atoms with Gasteiger partial charge in [-0.15, -0.1) is 18.3 Å². The summed E-state index contributed by atoms with van der Waals surface area (Å²) in [6, 6.07) is 6.66. The van der Waals surface area contributed by atoms with Gasteiger partial charge in [0.05, 0.1) is 15.7 Å². The van der Waals surface area contributed by atoms with Crippen LogP contribution in [0.1, 0.15) is 16.2 Å². The van der Waals surface area contributed by atoms with Crippen molar-refractivity contribution in [2.75, 3.05) is 0 Å². The van der Waals surface area contributed by atoms with E-state index >= 15 is 0 Å². The standard InChI is InChI=1S/C17H10Cl3F3N4O4S/c1-8-14(24-26-27(8)15-10(19)6-9(18)7-11(15)20)16(28)25-32(29,30)13-5-3-2-4-12(13)31-17(21,22)23/h2-7H,1H3,(H,25,28). The van der Waals surface area contributed by atoms with E-state index in [1.54, 1.807) is 4.72 Å². The Hall–Kier alpha value is -2.54. The van der Waals surface area contributed by atoms with E-state index in [4.69, 9.17) is 34.8 Å². The molecule has 1 aromatic heterocycles. The molecule has 1 heterocycles. The number of carbonyl (C=O) groups excluding carboxylic acids is 1. The molecule has 0 aliphatic heterocycles. The van der Waals surface area contributed by atoms with E-state index in [1.807, 2.05) is 0 Å². The number of aromatic nitrogens is 3. The van der Waals surface area contributed by atoms with E-state index < -0.39 is 38.6 Å². The number of carbonyl (C=O) groups is 1. The molecule has 0 atom stereocenters. The molecular formula is C17H10Cl3F3N4O4S. The third kappa shape index (κ3) is 5.09. The lowest BCUT2D eigenvalue weighted by atomic mass is 10.3. The zero-order chi connectivity index (χ0) is 23.8. The second-order valence-electron chi connectivity index (χ2n) is 6.08. The number of benzene rings is 2. The van der Waals surface area contributed by atoms with Gasteiger partial charge in [-0.25, -0.2) is 17.8 Å². The zero-order valence-electron chi connectivity index (χ0n) is 15.6. The average molecular weight is 530 g/mol. The van der Waals surface area contributed by atoms with E-state index in [2.05, 4.69) is 15.0 Å². The fourth-order valence-corrected chi connectivity index (χ4v) is 4.65. The largest absolute Gasteiger partial charge is 0.573 e. The van der Waals surface area contributed by atoms with Crippen LogP contribution < -0.4 is 9.46 Å². The van der Waals surface area contributed by atoms with E-state index in [-0.39, 0.29) is 26.4 Å². The summed E-state index contributed by atoms with van der Waals surface area (Å²) in [5, 5.41) is 7.78. The molecule has 15 heteroatoms. The van der Waals surface area contributed by atoms with Crippen molar-refractivity contribution in [2.45, 2.75) is 18.2 Å². The number of alkyl halides is 3. The van der Waals surface area contributed by atoms with Gasteiger partial charge in [0.2, 0.25) is 0 Å². The van der Waals surface area contributed by atoms with Crippen molar-refractivity contribution in [3.05, 3.63) is 62.9 Å². The number of sulfonamides is 1. The van der Waals surface area contributed by atoms with Crippen LogP contribution in [-0.2, 0) is 10.0 Å². The number of para-hydroxylation sites is 1. The van der Waals surface area contributed by atoms with Crippen LogP contribution in [0.15, 0.2) is 41.3 Å². The fraction of sp³-hybridized carbons (Fsp3) is 0.118. The minimum atomic E-state index is -5.15. The Kier molecular flexibility index (Phi) is 6.61. The SMILES string of the molecule is Cc1c(C(=O)NS(=O)(=O)c2ccccc2OC(F)(F)F)nnn1-c1c(Cl)cc(Cl)cc1Cl. The molecule has 0 unspecified atom stereocenters. The molecule has 170 valence electrons. The van der Waals surface area contributed by atoms with E-state index in [0.717, 1.165) is 28.9 Å². The van der Waals surface area contributed by atoms with Crippen molar-refractivity contribution in [1.29, 1.82) is 0 Å². The molecule has 0 fully saturated rings. The highest BCUT2D eigenvalue weighted by molar-refractivity contribution is 7.90. The Bertz CT molecular complexity index is 1290. The van der Waals surface area contributed by atoms with Crippen LogP contribution in [0.3, 0.4) is 0 Å². The van der Waals surface area contributed by atoms with Crippen LogP contribution in [0.4, 0.5) is 13.2 Å². The first-order chi connectivity index (χ1) is 14.8. The zero-order valence-corrected chi connectivity index (χ0v) is 18.7. The van der Waals surface area contributed by atoms with Gasteiger partial charge < -0.3 is 4.74 Å². The predicted molar refractivity (Wildman–Crippen MR) is 109 cm³/mol. The predicted octanol–water partition coefficient (Wildman–Crippen LogP) is 4.55. The van der Waals surface area contributed by atoms with E-state index in [0.29, 0.717) is 0 Å². The highest BCUT2D eigenvalue weighted by Gasteiger charge is 2.35. The highest BCUT2D eigenvalue weighted by Crippen LogP contribution is 2.33. The first-order valence-electron chi connectivity index (χ1n) is 8.29. The molecule has 0 saturated heterocycles. The normalized spacial score (nSPS) is 12.0. The maximum Gasteiger partial charge on any atom is 0.573 e. The Morgan fingerprint density at radius 3 is 2.31 bits per heavy atom. The van der Waals surface area contributed by atoms with Crippen molar-refractivity contribution >= 4 is 50.7 Å². The molecule has 0 bridgehead atoms.